The first-order valence-electron chi connectivity index (χ1n) is 7.05. The molecule has 21 heavy (non-hydrogen) atoms. The van der Waals surface area contributed by atoms with E-state index in [1.54, 1.807) is 12.1 Å². The Bertz CT molecular complexity index is 635. The summed E-state index contributed by atoms with van der Waals surface area (Å²) in [7, 11) is -2.43. The maximum absolute atomic E-state index is 12.8. The van der Waals surface area contributed by atoms with Crippen LogP contribution in [0.15, 0.2) is 34.1 Å². The van der Waals surface area contributed by atoms with Crippen LogP contribution in [0.3, 0.4) is 0 Å². The van der Waals surface area contributed by atoms with E-state index < -0.39 is 20.6 Å². The van der Waals surface area contributed by atoms with Crippen LogP contribution >= 0.6 is 0 Å². The summed E-state index contributed by atoms with van der Waals surface area (Å²) in [6.45, 7) is 4.39. The lowest BCUT2D eigenvalue weighted by molar-refractivity contribution is 0.299. The van der Waals surface area contributed by atoms with E-state index in [1.165, 1.54) is 18.4 Å². The molecule has 0 aromatic heterocycles. The van der Waals surface area contributed by atoms with E-state index in [9.17, 15) is 12.6 Å². The van der Waals surface area contributed by atoms with Crippen molar-refractivity contribution >= 4 is 20.6 Å². The molecular weight excluding hydrogens is 306 g/mol. The Balaban J connectivity index is 2.25. The summed E-state index contributed by atoms with van der Waals surface area (Å²) >= 11 is 0. The van der Waals surface area contributed by atoms with Crippen LogP contribution in [0, 0.1) is 5.41 Å². The van der Waals surface area contributed by atoms with Crippen LogP contribution in [0.4, 0.5) is 0 Å². The first kappa shape index (κ1) is 16.6. The third-order valence-corrected chi connectivity index (χ3v) is 7.28. The molecule has 3 atom stereocenters. The van der Waals surface area contributed by atoms with Crippen LogP contribution in [-0.4, -0.2) is 37.2 Å². The van der Waals surface area contributed by atoms with Crippen LogP contribution < -0.4 is 5.32 Å². The maximum atomic E-state index is 12.8. The zero-order valence-corrected chi connectivity index (χ0v) is 14.6. The summed E-state index contributed by atoms with van der Waals surface area (Å²) < 4.78 is 35.7. The molecule has 1 fully saturated rings. The third-order valence-electron chi connectivity index (χ3n) is 4.36. The van der Waals surface area contributed by atoms with Crippen molar-refractivity contribution in [1.29, 1.82) is 0 Å². The van der Waals surface area contributed by atoms with Crippen molar-refractivity contribution in [2.45, 2.75) is 47.8 Å². The highest BCUT2D eigenvalue weighted by molar-refractivity contribution is 7.90. The van der Waals surface area contributed by atoms with Crippen LogP contribution in [0.1, 0.15) is 26.7 Å². The molecule has 0 spiro atoms. The predicted molar refractivity (Wildman–Crippen MR) is 85.6 cm³/mol. The molecule has 1 aromatic carbocycles. The molecule has 1 aliphatic rings. The molecule has 3 unspecified atom stereocenters. The number of nitrogens with one attached hydrogen (secondary N) is 1. The first-order chi connectivity index (χ1) is 9.66. The Morgan fingerprint density at radius 1 is 1.24 bits per heavy atom. The molecule has 0 radical (unpaired) electrons. The topological polar surface area (TPSA) is 63.2 Å². The molecule has 0 saturated heterocycles. The molecule has 2 rings (SSSR count). The second-order valence-corrected chi connectivity index (χ2v) is 10.1. The summed E-state index contributed by atoms with van der Waals surface area (Å²) in [6, 6.07) is 6.62. The van der Waals surface area contributed by atoms with Gasteiger partial charge in [0.05, 0.1) is 20.9 Å². The lowest BCUT2D eigenvalue weighted by Crippen LogP contribution is -2.44. The van der Waals surface area contributed by atoms with Gasteiger partial charge in [-0.15, -0.1) is 0 Å². The van der Waals surface area contributed by atoms with Gasteiger partial charge in [0.15, 0.2) is 9.84 Å². The fraction of sp³-hybridized carbons (Fsp3) is 0.600. The number of hydrogen-bond donors (Lipinski definition) is 1. The van der Waals surface area contributed by atoms with Gasteiger partial charge in [0.1, 0.15) is 0 Å². The lowest BCUT2D eigenvalue weighted by Gasteiger charge is -2.30. The predicted octanol–water partition coefficient (Wildman–Crippen LogP) is 1.97. The number of rotatable bonds is 4. The van der Waals surface area contributed by atoms with E-state index in [1.807, 2.05) is 7.05 Å². The van der Waals surface area contributed by atoms with Gasteiger partial charge in [-0.1, -0.05) is 13.8 Å². The summed E-state index contributed by atoms with van der Waals surface area (Å²) in [5.41, 5.74) is 0.127. The maximum Gasteiger partial charge on any atom is 0.175 e. The molecule has 1 aliphatic carbocycles. The normalized spacial score (nSPS) is 26.7. The largest absolute Gasteiger partial charge is 0.315 e. The smallest absolute Gasteiger partial charge is 0.175 e. The Morgan fingerprint density at radius 3 is 2.29 bits per heavy atom. The van der Waals surface area contributed by atoms with Gasteiger partial charge in [-0.05, 0) is 49.6 Å². The van der Waals surface area contributed by atoms with E-state index in [2.05, 4.69) is 19.2 Å². The van der Waals surface area contributed by atoms with Crippen molar-refractivity contribution in [3.8, 4) is 0 Å². The monoisotopic (exact) mass is 329 g/mol. The summed E-state index contributed by atoms with van der Waals surface area (Å²) in [5.74, 6) is 0. The second kappa shape index (κ2) is 5.82. The number of hydrogen-bond acceptors (Lipinski definition) is 4. The van der Waals surface area contributed by atoms with Gasteiger partial charge in [-0.2, -0.15) is 0 Å². The third kappa shape index (κ3) is 3.38. The highest BCUT2D eigenvalue weighted by Crippen LogP contribution is 2.40. The van der Waals surface area contributed by atoms with E-state index >= 15 is 0 Å². The first-order valence-corrected chi connectivity index (χ1v) is 10.2. The summed E-state index contributed by atoms with van der Waals surface area (Å²) in [6.07, 6.45) is 3.13. The molecule has 1 N–H and O–H groups in total. The SMILES string of the molecule is CNC1C(S(=O)c2ccc(S(C)(=O)=O)cc2)CCC1(C)C. The van der Waals surface area contributed by atoms with Crippen molar-refractivity contribution in [3.63, 3.8) is 0 Å². The number of sulfone groups is 1. The highest BCUT2D eigenvalue weighted by Gasteiger charge is 2.44. The molecule has 0 heterocycles. The Hall–Kier alpha value is -0.720. The molecular formula is C15H23NO3S2. The highest BCUT2D eigenvalue weighted by atomic mass is 32.2. The van der Waals surface area contributed by atoms with Gasteiger partial charge >= 0.3 is 0 Å². The molecule has 0 amide bonds. The molecule has 1 aromatic rings. The Labute approximate surface area is 129 Å². The van der Waals surface area contributed by atoms with Crippen LogP contribution in [0.2, 0.25) is 0 Å². The Kier molecular flexibility index (Phi) is 4.61. The zero-order chi connectivity index (χ0) is 15.8. The van der Waals surface area contributed by atoms with Gasteiger partial charge in [-0.25, -0.2) is 8.42 Å². The summed E-state index contributed by atoms with van der Waals surface area (Å²) in [5, 5.41) is 3.37. The van der Waals surface area contributed by atoms with Gasteiger partial charge in [0.2, 0.25) is 0 Å². The molecule has 118 valence electrons. The van der Waals surface area contributed by atoms with E-state index in [0.717, 1.165) is 12.8 Å². The van der Waals surface area contributed by atoms with E-state index in [-0.39, 0.29) is 21.6 Å². The van der Waals surface area contributed by atoms with E-state index in [0.29, 0.717) is 4.90 Å². The van der Waals surface area contributed by atoms with Gasteiger partial charge in [0.25, 0.3) is 0 Å². The van der Waals surface area contributed by atoms with Gasteiger partial charge in [0, 0.05) is 17.2 Å². The quantitative estimate of drug-likeness (QED) is 0.917. The van der Waals surface area contributed by atoms with Crippen LogP contribution in [-0.2, 0) is 20.6 Å². The lowest BCUT2D eigenvalue weighted by atomic mass is 9.87. The molecule has 6 heteroatoms. The van der Waals surface area contributed by atoms with Crippen molar-refractivity contribution in [2.75, 3.05) is 13.3 Å². The Morgan fingerprint density at radius 2 is 1.81 bits per heavy atom. The standard InChI is InChI=1S/C15H23NO3S2/c1-15(2)10-9-13(14(15)16-3)20(17)11-5-7-12(8-6-11)21(4,18)19/h5-8,13-14,16H,9-10H2,1-4H3. The van der Waals surface area contributed by atoms with Crippen molar-refractivity contribution < 1.29 is 12.6 Å². The van der Waals surface area contributed by atoms with Gasteiger partial charge in [-0.3, -0.25) is 4.21 Å². The second-order valence-electron chi connectivity index (χ2n) is 6.37. The molecule has 1 saturated carbocycles. The minimum Gasteiger partial charge on any atom is -0.315 e. The fourth-order valence-electron chi connectivity index (χ4n) is 3.14. The van der Waals surface area contributed by atoms with Gasteiger partial charge < -0.3 is 5.32 Å². The fourth-order valence-corrected chi connectivity index (χ4v) is 5.61. The number of benzene rings is 1. The van der Waals surface area contributed by atoms with Crippen molar-refractivity contribution in [3.05, 3.63) is 24.3 Å². The average molecular weight is 329 g/mol. The summed E-state index contributed by atoms with van der Waals surface area (Å²) in [4.78, 5) is 0.963. The minimum atomic E-state index is -3.21. The van der Waals surface area contributed by atoms with Crippen molar-refractivity contribution in [1.82, 2.24) is 5.32 Å². The van der Waals surface area contributed by atoms with Crippen LogP contribution in [0.25, 0.3) is 0 Å². The van der Waals surface area contributed by atoms with Crippen LogP contribution in [0.5, 0.6) is 0 Å². The average Bonchev–Trinajstić information content (AvgIpc) is 2.72. The molecule has 0 bridgehead atoms. The molecule has 0 aliphatic heterocycles. The molecule has 4 nitrogen and oxygen atoms in total. The van der Waals surface area contributed by atoms with Crippen molar-refractivity contribution in [2.24, 2.45) is 5.41 Å². The minimum absolute atomic E-state index is 0.0640. The van der Waals surface area contributed by atoms with E-state index in [4.69, 9.17) is 0 Å². The zero-order valence-electron chi connectivity index (χ0n) is 12.9.